The Balaban J connectivity index is 1.48. The molecule has 0 saturated carbocycles. The molecule has 0 bridgehead atoms. The van der Waals surface area contributed by atoms with Gasteiger partial charge >= 0.3 is 0 Å². The lowest BCUT2D eigenvalue weighted by molar-refractivity contribution is 0.232. The lowest BCUT2D eigenvalue weighted by Gasteiger charge is -2.18. The maximum atomic E-state index is 6.17. The van der Waals surface area contributed by atoms with E-state index in [1.807, 2.05) is 36.7 Å². The van der Waals surface area contributed by atoms with Gasteiger partial charge in [-0.2, -0.15) is 0 Å². The minimum Gasteiger partial charge on any atom is -0.492 e. The maximum absolute atomic E-state index is 6.17. The van der Waals surface area contributed by atoms with Crippen LogP contribution in [-0.4, -0.2) is 45.9 Å². The van der Waals surface area contributed by atoms with E-state index in [4.69, 9.17) is 9.72 Å². The van der Waals surface area contributed by atoms with E-state index in [0.29, 0.717) is 6.61 Å². The van der Waals surface area contributed by atoms with Crippen molar-refractivity contribution in [3.05, 3.63) is 77.5 Å². The molecule has 0 aliphatic heterocycles. The number of pyridine rings is 1. The van der Waals surface area contributed by atoms with Crippen LogP contribution in [0.4, 0.5) is 0 Å². The van der Waals surface area contributed by atoms with E-state index >= 15 is 0 Å². The third kappa shape index (κ3) is 4.75. The Labute approximate surface area is 188 Å². The van der Waals surface area contributed by atoms with Gasteiger partial charge in [-0.3, -0.25) is 9.47 Å². The van der Waals surface area contributed by atoms with Crippen LogP contribution < -0.4 is 4.74 Å². The zero-order chi connectivity index (χ0) is 21.8. The molecule has 4 rings (SSSR count). The molecule has 2 aromatic heterocycles. The Morgan fingerprint density at radius 2 is 1.81 bits per heavy atom. The number of nitrogens with zero attached hydrogens (tertiary/aromatic N) is 4. The summed E-state index contributed by atoms with van der Waals surface area (Å²) in [5.41, 5.74) is 5.64. The number of fused-ring (bicyclic) bond motifs is 1. The molecule has 160 valence electrons. The number of aromatic nitrogens is 3. The highest BCUT2D eigenvalue weighted by molar-refractivity contribution is 7.98. The molecule has 6 heteroatoms. The van der Waals surface area contributed by atoms with E-state index in [1.54, 1.807) is 11.8 Å². The van der Waals surface area contributed by atoms with Crippen LogP contribution in [0, 0.1) is 13.8 Å². The van der Waals surface area contributed by atoms with Gasteiger partial charge in [0.25, 0.3) is 0 Å². The van der Waals surface area contributed by atoms with Crippen molar-refractivity contribution < 1.29 is 4.74 Å². The largest absolute Gasteiger partial charge is 0.492 e. The van der Waals surface area contributed by atoms with Crippen molar-refractivity contribution in [2.45, 2.75) is 25.5 Å². The predicted octanol–water partition coefficient (Wildman–Crippen LogP) is 5.27. The zero-order valence-corrected chi connectivity index (χ0v) is 19.3. The van der Waals surface area contributed by atoms with Crippen molar-refractivity contribution in [1.29, 1.82) is 0 Å². The molecule has 31 heavy (non-hydrogen) atoms. The van der Waals surface area contributed by atoms with Gasteiger partial charge in [-0.1, -0.05) is 53.7 Å². The highest BCUT2D eigenvalue weighted by Gasteiger charge is 2.16. The summed E-state index contributed by atoms with van der Waals surface area (Å²) in [6.45, 7) is 6.54. The number of thioether (sulfide) groups is 1. The Kier molecular flexibility index (Phi) is 6.59. The minimum atomic E-state index is 0.618. The molecule has 0 aliphatic carbocycles. The van der Waals surface area contributed by atoms with E-state index in [9.17, 15) is 0 Å². The quantitative estimate of drug-likeness (QED) is 0.355. The van der Waals surface area contributed by atoms with E-state index in [0.717, 1.165) is 46.4 Å². The first-order valence-electron chi connectivity index (χ1n) is 10.4. The van der Waals surface area contributed by atoms with Crippen LogP contribution in [0.3, 0.4) is 0 Å². The summed E-state index contributed by atoms with van der Waals surface area (Å²) in [5.74, 6) is 1.72. The predicted molar refractivity (Wildman–Crippen MR) is 128 cm³/mol. The third-order valence-corrected chi connectivity index (χ3v) is 5.99. The number of likely N-dealkylation sites (N-methyl/N-ethyl adjacent to an activating group) is 1. The molecular weight excluding hydrogens is 404 g/mol. The zero-order valence-electron chi connectivity index (χ0n) is 18.5. The van der Waals surface area contributed by atoms with E-state index in [1.165, 1.54) is 11.1 Å². The van der Waals surface area contributed by atoms with Crippen LogP contribution in [0.25, 0.3) is 16.9 Å². The van der Waals surface area contributed by atoms with Crippen LogP contribution >= 0.6 is 11.8 Å². The fourth-order valence-electron chi connectivity index (χ4n) is 3.63. The Hall–Kier alpha value is -2.83. The highest BCUT2D eigenvalue weighted by atomic mass is 32.2. The summed E-state index contributed by atoms with van der Waals surface area (Å²) in [4.78, 5) is 11.7. The first kappa shape index (κ1) is 21.4. The topological polar surface area (TPSA) is 43.2 Å². The minimum absolute atomic E-state index is 0.618. The summed E-state index contributed by atoms with van der Waals surface area (Å²) >= 11 is 1.62. The van der Waals surface area contributed by atoms with Crippen molar-refractivity contribution in [1.82, 2.24) is 19.4 Å². The van der Waals surface area contributed by atoms with Gasteiger partial charge in [0.1, 0.15) is 18.2 Å². The molecule has 0 N–H and O–H groups in total. The van der Waals surface area contributed by atoms with Crippen molar-refractivity contribution in [2.75, 3.05) is 26.5 Å². The first-order chi connectivity index (χ1) is 15.1. The molecule has 5 nitrogen and oxygen atoms in total. The molecule has 0 saturated heterocycles. The van der Waals surface area contributed by atoms with Gasteiger partial charge in [-0.15, -0.1) is 0 Å². The Bertz CT molecular complexity index is 1170. The lowest BCUT2D eigenvalue weighted by atomic mass is 10.1. The Morgan fingerprint density at radius 3 is 2.58 bits per heavy atom. The summed E-state index contributed by atoms with van der Waals surface area (Å²) in [6, 6.07) is 18.8. The second kappa shape index (κ2) is 9.54. The molecule has 0 radical (unpaired) electrons. The molecular formula is C25H28N4OS. The van der Waals surface area contributed by atoms with Gasteiger partial charge in [-0.05, 0) is 50.9 Å². The number of para-hydroxylation sites is 2. The molecule has 2 heterocycles. The summed E-state index contributed by atoms with van der Waals surface area (Å²) < 4.78 is 8.28. The standard InChI is InChI=1S/C25H28N4OS/c1-18-9-11-20(12-10-18)17-28(3)15-16-30-23-13-14-26-24(19(23)2)29-22-8-6-5-7-21(22)27-25(29)31-4/h5-14H,15-17H2,1-4H3. The van der Waals surface area contributed by atoms with Gasteiger partial charge in [0.15, 0.2) is 5.16 Å². The van der Waals surface area contributed by atoms with Crippen molar-refractivity contribution >= 4 is 22.8 Å². The summed E-state index contributed by atoms with van der Waals surface area (Å²) in [7, 11) is 2.12. The van der Waals surface area contributed by atoms with Crippen LogP contribution in [0.5, 0.6) is 5.75 Å². The highest BCUT2D eigenvalue weighted by Crippen LogP contribution is 2.30. The van der Waals surface area contributed by atoms with E-state index in [-0.39, 0.29) is 0 Å². The fourth-order valence-corrected chi connectivity index (χ4v) is 4.19. The van der Waals surface area contributed by atoms with Crippen LogP contribution in [0.1, 0.15) is 16.7 Å². The van der Waals surface area contributed by atoms with Crippen LogP contribution in [0.15, 0.2) is 66.0 Å². The van der Waals surface area contributed by atoms with Crippen molar-refractivity contribution in [3.63, 3.8) is 0 Å². The molecule has 0 amide bonds. The van der Waals surface area contributed by atoms with Crippen molar-refractivity contribution in [2.24, 2.45) is 0 Å². The SMILES string of the molecule is CSc1nc2ccccc2n1-c1nccc(OCCN(C)Cc2ccc(C)cc2)c1C. The summed E-state index contributed by atoms with van der Waals surface area (Å²) in [6.07, 6.45) is 3.85. The number of imidazole rings is 1. The van der Waals surface area contributed by atoms with Gasteiger partial charge < -0.3 is 4.74 Å². The maximum Gasteiger partial charge on any atom is 0.174 e. The molecule has 4 aromatic rings. The molecule has 0 fully saturated rings. The van der Waals surface area contributed by atoms with Crippen LogP contribution in [-0.2, 0) is 6.54 Å². The number of rotatable bonds is 8. The second-order valence-electron chi connectivity index (χ2n) is 7.75. The third-order valence-electron chi connectivity index (χ3n) is 5.36. The lowest BCUT2D eigenvalue weighted by Crippen LogP contribution is -2.24. The van der Waals surface area contributed by atoms with Crippen LogP contribution in [0.2, 0.25) is 0 Å². The molecule has 2 aromatic carbocycles. The van der Waals surface area contributed by atoms with Gasteiger partial charge in [-0.25, -0.2) is 9.97 Å². The van der Waals surface area contributed by atoms with E-state index < -0.39 is 0 Å². The Morgan fingerprint density at radius 1 is 1.03 bits per heavy atom. The van der Waals surface area contributed by atoms with E-state index in [2.05, 4.69) is 65.7 Å². The molecule has 0 spiro atoms. The van der Waals surface area contributed by atoms with Crippen molar-refractivity contribution in [3.8, 4) is 11.6 Å². The monoisotopic (exact) mass is 432 g/mol. The molecule has 0 aliphatic rings. The number of hydrogen-bond donors (Lipinski definition) is 0. The smallest absolute Gasteiger partial charge is 0.174 e. The van der Waals surface area contributed by atoms with Gasteiger partial charge in [0, 0.05) is 24.8 Å². The number of ether oxygens (including phenoxy) is 1. The number of benzene rings is 2. The van der Waals surface area contributed by atoms with Gasteiger partial charge in [0.05, 0.1) is 11.0 Å². The first-order valence-corrected chi connectivity index (χ1v) is 11.6. The fraction of sp³-hybridized carbons (Fsp3) is 0.280. The average molecular weight is 433 g/mol. The number of aryl methyl sites for hydroxylation is 1. The number of hydrogen-bond acceptors (Lipinski definition) is 5. The second-order valence-corrected chi connectivity index (χ2v) is 8.53. The molecule has 0 unspecified atom stereocenters. The summed E-state index contributed by atoms with van der Waals surface area (Å²) in [5, 5.41) is 0.923. The average Bonchev–Trinajstić information content (AvgIpc) is 3.15. The normalized spacial score (nSPS) is 11.4. The van der Waals surface area contributed by atoms with Gasteiger partial charge in [0.2, 0.25) is 0 Å². The molecule has 0 atom stereocenters.